The van der Waals surface area contributed by atoms with Crippen LogP contribution < -0.4 is 5.32 Å². The highest BCUT2D eigenvalue weighted by atomic mass is 16.2. The molecule has 1 aromatic heterocycles. The van der Waals surface area contributed by atoms with Gasteiger partial charge in [-0.3, -0.25) is 14.6 Å². The summed E-state index contributed by atoms with van der Waals surface area (Å²) < 4.78 is 0. The third-order valence-electron chi connectivity index (χ3n) is 6.27. The maximum atomic E-state index is 12.7. The van der Waals surface area contributed by atoms with Crippen LogP contribution in [-0.2, 0) is 16.1 Å². The minimum atomic E-state index is 0.0263. The molecule has 0 atom stereocenters. The summed E-state index contributed by atoms with van der Waals surface area (Å²) in [6, 6.07) is 3.84. The molecule has 26 heavy (non-hydrogen) atoms. The molecule has 1 saturated heterocycles. The minimum absolute atomic E-state index is 0.0263. The van der Waals surface area contributed by atoms with Gasteiger partial charge < -0.3 is 10.2 Å². The van der Waals surface area contributed by atoms with Gasteiger partial charge in [0.1, 0.15) is 0 Å². The number of amides is 2. The van der Waals surface area contributed by atoms with Crippen LogP contribution in [0.25, 0.3) is 0 Å². The molecule has 5 heteroatoms. The van der Waals surface area contributed by atoms with Gasteiger partial charge in [0.2, 0.25) is 11.8 Å². The number of carbonyl (C=O) groups is 2. The highest BCUT2D eigenvalue weighted by Crippen LogP contribution is 2.50. The molecule has 1 aliphatic heterocycles. The zero-order valence-electron chi connectivity index (χ0n) is 15.4. The highest BCUT2D eigenvalue weighted by molar-refractivity contribution is 5.80. The van der Waals surface area contributed by atoms with Crippen LogP contribution in [0, 0.1) is 23.7 Å². The first-order valence-electron chi connectivity index (χ1n) is 10.1. The summed E-state index contributed by atoms with van der Waals surface area (Å²) in [7, 11) is 0. The van der Waals surface area contributed by atoms with Crippen LogP contribution in [-0.4, -0.2) is 34.8 Å². The molecule has 0 bridgehead atoms. The van der Waals surface area contributed by atoms with Crippen molar-refractivity contribution in [2.45, 2.75) is 51.5 Å². The SMILES string of the molecule is O=C(NCc1cccnc1)C1CCN(C(=O)CC(C2CC2)C2CC2)CC1. The summed E-state index contributed by atoms with van der Waals surface area (Å²) in [6.45, 7) is 1.98. The van der Waals surface area contributed by atoms with Crippen molar-refractivity contribution in [3.8, 4) is 0 Å². The van der Waals surface area contributed by atoms with Crippen LogP contribution in [0.5, 0.6) is 0 Å². The highest BCUT2D eigenvalue weighted by Gasteiger charge is 2.43. The van der Waals surface area contributed by atoms with E-state index in [-0.39, 0.29) is 11.8 Å². The second kappa shape index (κ2) is 7.77. The Hall–Kier alpha value is -1.91. The average Bonchev–Trinajstić information content (AvgIpc) is 3.58. The lowest BCUT2D eigenvalue weighted by Crippen LogP contribution is -2.43. The van der Waals surface area contributed by atoms with Crippen molar-refractivity contribution < 1.29 is 9.59 Å². The molecule has 3 fully saturated rings. The Kier molecular flexibility index (Phi) is 5.23. The lowest BCUT2D eigenvalue weighted by Gasteiger charge is -2.32. The lowest BCUT2D eigenvalue weighted by molar-refractivity contribution is -0.136. The van der Waals surface area contributed by atoms with Crippen molar-refractivity contribution in [2.75, 3.05) is 13.1 Å². The number of aromatic nitrogens is 1. The van der Waals surface area contributed by atoms with Gasteiger partial charge in [-0.05, 0) is 67.9 Å². The van der Waals surface area contributed by atoms with Crippen molar-refractivity contribution in [3.63, 3.8) is 0 Å². The van der Waals surface area contributed by atoms with E-state index in [0.717, 1.165) is 49.8 Å². The molecule has 0 unspecified atom stereocenters. The Labute approximate surface area is 155 Å². The molecule has 2 aliphatic carbocycles. The van der Waals surface area contributed by atoms with E-state index in [2.05, 4.69) is 10.3 Å². The van der Waals surface area contributed by atoms with Gasteiger partial charge in [-0.2, -0.15) is 0 Å². The number of nitrogens with zero attached hydrogens (tertiary/aromatic N) is 2. The van der Waals surface area contributed by atoms with Crippen molar-refractivity contribution in [1.82, 2.24) is 15.2 Å². The number of pyridine rings is 1. The largest absolute Gasteiger partial charge is 0.352 e. The Morgan fingerprint density at radius 1 is 1.12 bits per heavy atom. The summed E-state index contributed by atoms with van der Waals surface area (Å²) in [6.07, 6.45) is 11.1. The minimum Gasteiger partial charge on any atom is -0.352 e. The van der Waals surface area contributed by atoms with Gasteiger partial charge in [0.15, 0.2) is 0 Å². The summed E-state index contributed by atoms with van der Waals surface area (Å²) in [5.41, 5.74) is 1.01. The van der Waals surface area contributed by atoms with Gasteiger partial charge in [-0.1, -0.05) is 6.07 Å². The average molecular weight is 355 g/mol. The molecule has 3 aliphatic rings. The Morgan fingerprint density at radius 3 is 2.38 bits per heavy atom. The number of likely N-dealkylation sites (tertiary alicyclic amines) is 1. The number of piperidine rings is 1. The first kappa shape index (κ1) is 17.5. The monoisotopic (exact) mass is 355 g/mol. The molecule has 0 aromatic carbocycles. The fourth-order valence-electron chi connectivity index (χ4n) is 4.33. The molecular formula is C21H29N3O2. The van der Waals surface area contributed by atoms with Crippen LogP contribution >= 0.6 is 0 Å². The molecule has 2 saturated carbocycles. The summed E-state index contributed by atoms with van der Waals surface area (Å²) >= 11 is 0. The fraction of sp³-hybridized carbons (Fsp3) is 0.667. The Morgan fingerprint density at radius 2 is 1.81 bits per heavy atom. The molecular weight excluding hydrogens is 326 g/mol. The molecule has 1 N–H and O–H groups in total. The van der Waals surface area contributed by atoms with Gasteiger partial charge >= 0.3 is 0 Å². The topological polar surface area (TPSA) is 62.3 Å². The summed E-state index contributed by atoms with van der Waals surface area (Å²) in [4.78, 5) is 31.1. The zero-order valence-corrected chi connectivity index (χ0v) is 15.4. The lowest BCUT2D eigenvalue weighted by atomic mass is 9.91. The van der Waals surface area contributed by atoms with Crippen molar-refractivity contribution in [2.24, 2.45) is 23.7 Å². The van der Waals surface area contributed by atoms with Crippen LogP contribution in [0.3, 0.4) is 0 Å². The molecule has 0 spiro atoms. The second-order valence-electron chi connectivity index (χ2n) is 8.28. The smallest absolute Gasteiger partial charge is 0.223 e. The number of hydrogen-bond donors (Lipinski definition) is 1. The van der Waals surface area contributed by atoms with Gasteiger partial charge in [0.05, 0.1) is 0 Å². The molecule has 0 radical (unpaired) electrons. The van der Waals surface area contributed by atoms with Crippen LogP contribution in [0.15, 0.2) is 24.5 Å². The van der Waals surface area contributed by atoms with E-state index < -0.39 is 0 Å². The first-order chi connectivity index (χ1) is 12.7. The van der Waals surface area contributed by atoms with Crippen LogP contribution in [0.1, 0.15) is 50.5 Å². The van der Waals surface area contributed by atoms with Crippen molar-refractivity contribution >= 4 is 11.8 Å². The summed E-state index contributed by atoms with van der Waals surface area (Å²) in [5, 5.41) is 3.01. The predicted octanol–water partition coefficient (Wildman–Crippen LogP) is 2.76. The van der Waals surface area contributed by atoms with E-state index >= 15 is 0 Å². The van der Waals surface area contributed by atoms with Crippen LogP contribution in [0.2, 0.25) is 0 Å². The third kappa shape index (κ3) is 4.43. The van der Waals surface area contributed by atoms with E-state index in [4.69, 9.17) is 0 Å². The molecule has 2 amide bonds. The standard InChI is InChI=1S/C21H29N3O2/c25-20(12-19(16-3-4-16)17-5-6-17)24-10-7-18(8-11-24)21(26)23-14-15-2-1-9-22-13-15/h1-2,9,13,16-19H,3-8,10-12,14H2,(H,23,26). The van der Waals surface area contributed by atoms with E-state index in [1.807, 2.05) is 17.0 Å². The normalized spacial score (nSPS) is 21.0. The molecule has 1 aromatic rings. The zero-order chi connectivity index (χ0) is 17.9. The van der Waals surface area contributed by atoms with E-state index in [1.54, 1.807) is 12.4 Å². The number of carbonyl (C=O) groups excluding carboxylic acids is 2. The number of hydrogen-bond acceptors (Lipinski definition) is 3. The third-order valence-corrected chi connectivity index (χ3v) is 6.27. The van der Waals surface area contributed by atoms with Crippen molar-refractivity contribution in [3.05, 3.63) is 30.1 Å². The maximum Gasteiger partial charge on any atom is 0.223 e. The fourth-order valence-corrected chi connectivity index (χ4v) is 4.33. The maximum absolute atomic E-state index is 12.7. The van der Waals surface area contributed by atoms with E-state index in [9.17, 15) is 9.59 Å². The molecule has 2 heterocycles. The number of rotatable bonds is 7. The van der Waals surface area contributed by atoms with Gasteiger partial charge in [-0.25, -0.2) is 0 Å². The Balaban J connectivity index is 1.20. The quantitative estimate of drug-likeness (QED) is 0.818. The van der Waals surface area contributed by atoms with Gasteiger partial charge in [-0.15, -0.1) is 0 Å². The van der Waals surface area contributed by atoms with Crippen LogP contribution in [0.4, 0.5) is 0 Å². The molecule has 140 valence electrons. The predicted molar refractivity (Wildman–Crippen MR) is 98.9 cm³/mol. The Bertz CT molecular complexity index is 620. The first-order valence-corrected chi connectivity index (χ1v) is 10.1. The van der Waals surface area contributed by atoms with E-state index in [0.29, 0.717) is 18.4 Å². The number of nitrogens with one attached hydrogen (secondary N) is 1. The van der Waals surface area contributed by atoms with Gasteiger partial charge in [0, 0.05) is 44.4 Å². The van der Waals surface area contributed by atoms with Gasteiger partial charge in [0.25, 0.3) is 0 Å². The molecule has 5 nitrogen and oxygen atoms in total. The van der Waals surface area contributed by atoms with E-state index in [1.165, 1.54) is 25.7 Å². The van der Waals surface area contributed by atoms with Crippen molar-refractivity contribution in [1.29, 1.82) is 0 Å². The second-order valence-corrected chi connectivity index (χ2v) is 8.28. The molecule has 4 rings (SSSR count). The summed E-state index contributed by atoms with van der Waals surface area (Å²) in [5.74, 6) is 2.74.